The van der Waals surface area contributed by atoms with E-state index < -0.39 is 0 Å². The van der Waals surface area contributed by atoms with Crippen molar-refractivity contribution >= 4 is 0 Å². The molecule has 0 aliphatic carbocycles. The summed E-state index contributed by atoms with van der Waals surface area (Å²) < 4.78 is 5.90. The van der Waals surface area contributed by atoms with Crippen molar-refractivity contribution < 1.29 is 4.74 Å². The molecule has 0 saturated heterocycles. The molecule has 1 nitrogen and oxygen atoms in total. The maximum Gasteiger partial charge on any atom is 0.0623 e. The third-order valence-corrected chi connectivity index (χ3v) is 5.34. The van der Waals surface area contributed by atoms with E-state index in [1.165, 1.54) is 103 Å². The Balaban J connectivity index is 3.05. The smallest absolute Gasteiger partial charge is 0.0623 e. The molecular weight excluding hydrogens is 292 g/mol. The zero-order valence-electron chi connectivity index (χ0n) is 17.6. The van der Waals surface area contributed by atoms with Crippen molar-refractivity contribution in [1.29, 1.82) is 0 Å². The Morgan fingerprint density at radius 3 is 1.17 bits per heavy atom. The topological polar surface area (TPSA) is 9.23 Å². The van der Waals surface area contributed by atoms with E-state index in [4.69, 9.17) is 4.74 Å². The fourth-order valence-corrected chi connectivity index (χ4v) is 3.10. The number of hydrogen-bond acceptors (Lipinski definition) is 1. The average Bonchev–Trinajstić information content (AvgIpc) is 2.57. The lowest BCUT2D eigenvalue weighted by Gasteiger charge is -2.23. The van der Waals surface area contributed by atoms with Gasteiger partial charge in [-0.05, 0) is 26.7 Å². The van der Waals surface area contributed by atoms with Crippen molar-refractivity contribution in [3.63, 3.8) is 0 Å². The SMILES string of the molecule is CCCCCCCCCCCCCCCCCCOC(C)(C)CC. The molecular formula is C23H48O. The summed E-state index contributed by atoms with van der Waals surface area (Å²) in [7, 11) is 0. The van der Waals surface area contributed by atoms with E-state index >= 15 is 0 Å². The quantitative estimate of drug-likeness (QED) is 0.214. The summed E-state index contributed by atoms with van der Waals surface area (Å²) in [6.07, 6.45) is 23.9. The highest BCUT2D eigenvalue weighted by molar-refractivity contribution is 4.64. The van der Waals surface area contributed by atoms with E-state index in [0.717, 1.165) is 13.0 Å². The summed E-state index contributed by atoms with van der Waals surface area (Å²) in [5, 5.41) is 0. The summed E-state index contributed by atoms with van der Waals surface area (Å²) in [4.78, 5) is 0. The normalized spacial score (nSPS) is 12.0. The summed E-state index contributed by atoms with van der Waals surface area (Å²) in [6.45, 7) is 9.83. The van der Waals surface area contributed by atoms with Gasteiger partial charge >= 0.3 is 0 Å². The van der Waals surface area contributed by atoms with Gasteiger partial charge < -0.3 is 4.74 Å². The first-order valence-corrected chi connectivity index (χ1v) is 11.3. The van der Waals surface area contributed by atoms with Crippen LogP contribution in [0.2, 0.25) is 0 Å². The predicted molar refractivity (Wildman–Crippen MR) is 110 cm³/mol. The molecule has 0 heterocycles. The Labute approximate surface area is 154 Å². The first kappa shape index (κ1) is 24.0. The maximum absolute atomic E-state index is 5.90. The fourth-order valence-electron chi connectivity index (χ4n) is 3.10. The van der Waals surface area contributed by atoms with Crippen molar-refractivity contribution in [2.24, 2.45) is 0 Å². The summed E-state index contributed by atoms with van der Waals surface area (Å²) in [5.41, 5.74) is 0.0789. The number of unbranched alkanes of at least 4 members (excludes halogenated alkanes) is 15. The van der Waals surface area contributed by atoms with Crippen LogP contribution < -0.4 is 0 Å². The van der Waals surface area contributed by atoms with E-state index in [-0.39, 0.29) is 5.60 Å². The highest BCUT2D eigenvalue weighted by Gasteiger charge is 2.14. The molecule has 0 aliphatic rings. The molecule has 0 N–H and O–H groups in total. The molecule has 0 radical (unpaired) electrons. The maximum atomic E-state index is 5.90. The first-order valence-electron chi connectivity index (χ1n) is 11.3. The minimum atomic E-state index is 0.0789. The van der Waals surface area contributed by atoms with Gasteiger partial charge in [0.05, 0.1) is 5.60 Å². The summed E-state index contributed by atoms with van der Waals surface area (Å²) in [6, 6.07) is 0. The largest absolute Gasteiger partial charge is 0.376 e. The van der Waals surface area contributed by atoms with Gasteiger partial charge in [-0.25, -0.2) is 0 Å². The van der Waals surface area contributed by atoms with Crippen LogP contribution in [0.3, 0.4) is 0 Å². The Kier molecular flexibility index (Phi) is 17.7. The van der Waals surface area contributed by atoms with Gasteiger partial charge in [0.2, 0.25) is 0 Å². The summed E-state index contributed by atoms with van der Waals surface area (Å²) in [5.74, 6) is 0. The van der Waals surface area contributed by atoms with Crippen LogP contribution in [0, 0.1) is 0 Å². The van der Waals surface area contributed by atoms with Crippen molar-refractivity contribution in [1.82, 2.24) is 0 Å². The van der Waals surface area contributed by atoms with Gasteiger partial charge in [0.15, 0.2) is 0 Å². The van der Waals surface area contributed by atoms with Crippen LogP contribution in [0.1, 0.15) is 137 Å². The third-order valence-electron chi connectivity index (χ3n) is 5.34. The molecule has 146 valence electrons. The molecule has 0 bridgehead atoms. The molecule has 0 rings (SSSR count). The number of ether oxygens (including phenoxy) is 1. The van der Waals surface area contributed by atoms with E-state index in [0.29, 0.717) is 0 Å². The van der Waals surface area contributed by atoms with Crippen molar-refractivity contribution in [3.8, 4) is 0 Å². The lowest BCUT2D eigenvalue weighted by atomic mass is 10.0. The monoisotopic (exact) mass is 340 g/mol. The van der Waals surface area contributed by atoms with Gasteiger partial charge in [-0.2, -0.15) is 0 Å². The van der Waals surface area contributed by atoms with E-state index in [1.54, 1.807) is 0 Å². The van der Waals surface area contributed by atoms with E-state index in [9.17, 15) is 0 Å². The zero-order chi connectivity index (χ0) is 17.9. The third kappa shape index (κ3) is 18.3. The first-order chi connectivity index (χ1) is 11.6. The molecule has 24 heavy (non-hydrogen) atoms. The molecule has 0 saturated carbocycles. The van der Waals surface area contributed by atoms with Gasteiger partial charge in [-0.15, -0.1) is 0 Å². The molecule has 0 atom stereocenters. The van der Waals surface area contributed by atoms with Crippen molar-refractivity contribution in [2.45, 2.75) is 142 Å². The van der Waals surface area contributed by atoms with Gasteiger partial charge in [0.1, 0.15) is 0 Å². The molecule has 0 spiro atoms. The fraction of sp³-hybridized carbons (Fsp3) is 1.00. The van der Waals surface area contributed by atoms with Crippen molar-refractivity contribution in [3.05, 3.63) is 0 Å². The van der Waals surface area contributed by atoms with Crippen molar-refractivity contribution in [2.75, 3.05) is 6.61 Å². The molecule has 0 aromatic carbocycles. The van der Waals surface area contributed by atoms with Gasteiger partial charge in [-0.1, -0.05) is 110 Å². The Bertz CT molecular complexity index is 234. The van der Waals surface area contributed by atoms with Crippen LogP contribution in [0.4, 0.5) is 0 Å². The van der Waals surface area contributed by atoms with E-state index in [1.807, 2.05) is 0 Å². The van der Waals surface area contributed by atoms with Gasteiger partial charge in [-0.3, -0.25) is 0 Å². The number of rotatable bonds is 19. The van der Waals surface area contributed by atoms with Crippen LogP contribution in [-0.4, -0.2) is 12.2 Å². The lowest BCUT2D eigenvalue weighted by molar-refractivity contribution is -0.0216. The standard InChI is InChI=1S/C23H48O/c1-5-7-8-9-10-11-12-13-14-15-16-17-18-19-20-21-22-24-23(3,4)6-2/h5-22H2,1-4H3. The Morgan fingerprint density at radius 2 is 0.833 bits per heavy atom. The second-order valence-corrected chi connectivity index (χ2v) is 8.27. The minimum Gasteiger partial charge on any atom is -0.376 e. The zero-order valence-corrected chi connectivity index (χ0v) is 17.6. The molecule has 0 aromatic heterocycles. The predicted octanol–water partition coefficient (Wildman–Crippen LogP) is 8.45. The van der Waals surface area contributed by atoms with E-state index in [2.05, 4.69) is 27.7 Å². The van der Waals surface area contributed by atoms with Crippen LogP contribution >= 0.6 is 0 Å². The second kappa shape index (κ2) is 17.8. The summed E-state index contributed by atoms with van der Waals surface area (Å²) >= 11 is 0. The lowest BCUT2D eigenvalue weighted by Crippen LogP contribution is -2.23. The molecule has 1 heteroatoms. The second-order valence-electron chi connectivity index (χ2n) is 8.27. The minimum absolute atomic E-state index is 0.0789. The average molecular weight is 341 g/mol. The van der Waals surface area contributed by atoms with Crippen LogP contribution in [-0.2, 0) is 4.74 Å². The van der Waals surface area contributed by atoms with Gasteiger partial charge in [0.25, 0.3) is 0 Å². The Hall–Kier alpha value is -0.0400. The highest BCUT2D eigenvalue weighted by atomic mass is 16.5. The molecule has 0 aromatic rings. The van der Waals surface area contributed by atoms with Crippen LogP contribution in [0.5, 0.6) is 0 Å². The molecule has 0 unspecified atom stereocenters. The molecule has 0 aliphatic heterocycles. The molecule has 0 fully saturated rings. The van der Waals surface area contributed by atoms with Crippen LogP contribution in [0.25, 0.3) is 0 Å². The number of hydrogen-bond donors (Lipinski definition) is 0. The van der Waals surface area contributed by atoms with Crippen LogP contribution in [0.15, 0.2) is 0 Å². The highest BCUT2D eigenvalue weighted by Crippen LogP contribution is 2.16. The van der Waals surface area contributed by atoms with Gasteiger partial charge in [0, 0.05) is 6.61 Å². The Morgan fingerprint density at radius 1 is 0.500 bits per heavy atom. The molecule has 0 amide bonds.